The second-order valence-electron chi connectivity index (χ2n) is 5.24. The standard InChI is InChI=1S/C12H12F7N3O3S/c1-6-3-4-7(13)8(5-6)26(24,25)22-21-9(23)20-10(2,11(14,15)16)12(17,18)19/h3-5,22H,1-2H3,(H2,20,21,23). The minimum atomic E-state index is -5.93. The van der Waals surface area contributed by atoms with Crippen LogP contribution < -0.4 is 15.6 Å². The topological polar surface area (TPSA) is 87.3 Å². The number of amides is 2. The van der Waals surface area contributed by atoms with E-state index in [1.165, 1.54) is 17.8 Å². The number of carbonyl (C=O) groups is 1. The van der Waals surface area contributed by atoms with Crippen LogP contribution in [0.4, 0.5) is 35.5 Å². The van der Waals surface area contributed by atoms with Crippen LogP contribution in [0.15, 0.2) is 23.1 Å². The van der Waals surface area contributed by atoms with Gasteiger partial charge in [-0.05, 0) is 31.5 Å². The molecule has 0 spiro atoms. The van der Waals surface area contributed by atoms with Gasteiger partial charge in [-0.25, -0.2) is 17.6 Å². The highest BCUT2D eigenvalue weighted by molar-refractivity contribution is 7.89. The number of urea groups is 1. The fraction of sp³-hybridized carbons (Fsp3) is 0.417. The number of alkyl halides is 6. The molecule has 1 aromatic rings. The van der Waals surface area contributed by atoms with Crippen LogP contribution >= 0.6 is 0 Å². The van der Waals surface area contributed by atoms with Crippen molar-refractivity contribution in [2.45, 2.75) is 36.6 Å². The lowest BCUT2D eigenvalue weighted by atomic mass is 10.0. The van der Waals surface area contributed by atoms with Crippen molar-refractivity contribution in [1.82, 2.24) is 15.6 Å². The molecule has 0 bridgehead atoms. The lowest BCUT2D eigenvalue weighted by Crippen LogP contribution is -2.67. The quantitative estimate of drug-likeness (QED) is 0.526. The summed E-state index contributed by atoms with van der Waals surface area (Å²) in [6.07, 6.45) is -11.9. The molecular formula is C12H12F7N3O3S. The fourth-order valence-electron chi connectivity index (χ4n) is 1.55. The first-order valence-corrected chi connectivity index (χ1v) is 7.99. The molecular weight excluding hydrogens is 399 g/mol. The largest absolute Gasteiger partial charge is 0.420 e. The predicted molar refractivity (Wildman–Crippen MR) is 73.6 cm³/mol. The highest BCUT2D eigenvalue weighted by Gasteiger charge is 2.68. The van der Waals surface area contributed by atoms with Gasteiger partial charge in [0.15, 0.2) is 0 Å². The summed E-state index contributed by atoms with van der Waals surface area (Å²) in [5.41, 5.74) is -3.25. The van der Waals surface area contributed by atoms with Gasteiger partial charge in [0.05, 0.1) is 0 Å². The van der Waals surface area contributed by atoms with Gasteiger partial charge in [-0.2, -0.15) is 26.3 Å². The normalized spacial score (nSPS) is 13.4. The van der Waals surface area contributed by atoms with Gasteiger partial charge >= 0.3 is 18.4 Å². The van der Waals surface area contributed by atoms with Crippen LogP contribution in [-0.2, 0) is 10.0 Å². The van der Waals surface area contributed by atoms with Crippen molar-refractivity contribution >= 4 is 16.1 Å². The molecule has 6 nitrogen and oxygen atoms in total. The highest BCUT2D eigenvalue weighted by atomic mass is 32.2. The number of sulfonamides is 1. The first-order chi connectivity index (χ1) is 11.5. The lowest BCUT2D eigenvalue weighted by Gasteiger charge is -2.34. The van der Waals surface area contributed by atoms with Crippen LogP contribution in [0.5, 0.6) is 0 Å². The molecule has 0 aromatic heterocycles. The van der Waals surface area contributed by atoms with Crippen LogP contribution in [0, 0.1) is 12.7 Å². The zero-order chi connectivity index (χ0) is 20.6. The van der Waals surface area contributed by atoms with Gasteiger partial charge in [0, 0.05) is 0 Å². The number of rotatable bonds is 4. The van der Waals surface area contributed by atoms with Crippen molar-refractivity contribution in [3.8, 4) is 0 Å². The molecule has 0 saturated carbocycles. The molecule has 0 radical (unpaired) electrons. The minimum Gasteiger partial charge on any atom is -0.315 e. The molecule has 0 saturated heterocycles. The monoisotopic (exact) mass is 411 g/mol. The van der Waals surface area contributed by atoms with Gasteiger partial charge in [0.25, 0.3) is 10.0 Å². The number of hydrogen-bond acceptors (Lipinski definition) is 3. The Kier molecular flexibility index (Phi) is 5.83. The second kappa shape index (κ2) is 6.90. The summed E-state index contributed by atoms with van der Waals surface area (Å²) in [5.74, 6) is -1.25. The van der Waals surface area contributed by atoms with E-state index in [4.69, 9.17) is 0 Å². The Hall–Kier alpha value is -2.09. The molecule has 0 aliphatic heterocycles. The maximum absolute atomic E-state index is 13.5. The van der Waals surface area contributed by atoms with E-state index in [1.54, 1.807) is 0 Å². The molecule has 0 unspecified atom stereocenters. The van der Waals surface area contributed by atoms with Crippen molar-refractivity contribution < 1.29 is 43.9 Å². The van der Waals surface area contributed by atoms with Crippen LogP contribution in [0.1, 0.15) is 12.5 Å². The van der Waals surface area contributed by atoms with Crippen molar-refractivity contribution in [3.05, 3.63) is 29.6 Å². The van der Waals surface area contributed by atoms with Crippen molar-refractivity contribution in [2.24, 2.45) is 0 Å². The van der Waals surface area contributed by atoms with E-state index >= 15 is 0 Å². The Labute approximate surface area is 142 Å². The van der Waals surface area contributed by atoms with E-state index in [1.807, 2.05) is 0 Å². The maximum Gasteiger partial charge on any atom is 0.420 e. The predicted octanol–water partition coefficient (Wildman–Crippen LogP) is 2.51. The van der Waals surface area contributed by atoms with Gasteiger partial charge < -0.3 is 5.32 Å². The molecule has 3 N–H and O–H groups in total. The van der Waals surface area contributed by atoms with E-state index < -0.39 is 44.7 Å². The average molecular weight is 411 g/mol. The summed E-state index contributed by atoms with van der Waals surface area (Å²) in [4.78, 5) is 11.6. The van der Waals surface area contributed by atoms with Gasteiger partial charge in [0.2, 0.25) is 5.54 Å². The second-order valence-corrected chi connectivity index (χ2v) is 6.89. The SMILES string of the molecule is Cc1ccc(F)c(S(=O)(=O)NNC(=O)NC(C)(C(F)(F)F)C(F)(F)F)c1. The molecule has 14 heteroatoms. The summed E-state index contributed by atoms with van der Waals surface area (Å²) in [6.45, 7) is 1.05. The van der Waals surface area contributed by atoms with Gasteiger partial charge in [-0.1, -0.05) is 6.07 Å². The van der Waals surface area contributed by atoms with Crippen LogP contribution in [0.3, 0.4) is 0 Å². The Bertz CT molecular complexity index is 776. The van der Waals surface area contributed by atoms with E-state index in [0.717, 1.165) is 17.6 Å². The van der Waals surface area contributed by atoms with Gasteiger partial charge in [-0.15, -0.1) is 4.83 Å². The lowest BCUT2D eigenvalue weighted by molar-refractivity contribution is -0.297. The van der Waals surface area contributed by atoms with Crippen molar-refractivity contribution in [1.29, 1.82) is 0 Å². The molecule has 148 valence electrons. The van der Waals surface area contributed by atoms with E-state index in [2.05, 4.69) is 0 Å². The van der Waals surface area contributed by atoms with Gasteiger partial charge in [0.1, 0.15) is 10.7 Å². The Balaban J connectivity index is 2.97. The molecule has 1 rings (SSSR count). The Morgan fingerprint density at radius 3 is 2.00 bits per heavy atom. The maximum atomic E-state index is 13.5. The third-order valence-electron chi connectivity index (χ3n) is 3.17. The first-order valence-electron chi connectivity index (χ1n) is 6.51. The zero-order valence-electron chi connectivity index (χ0n) is 13.0. The smallest absolute Gasteiger partial charge is 0.315 e. The number of nitrogens with one attached hydrogen (secondary N) is 3. The van der Waals surface area contributed by atoms with Gasteiger partial charge in [-0.3, -0.25) is 5.43 Å². The summed E-state index contributed by atoms with van der Waals surface area (Å²) >= 11 is 0. The average Bonchev–Trinajstić information content (AvgIpc) is 2.45. The van der Waals surface area contributed by atoms with Crippen LogP contribution in [-0.4, -0.2) is 32.3 Å². The van der Waals surface area contributed by atoms with Crippen LogP contribution in [0.2, 0.25) is 0 Å². The number of halogens is 7. The number of carbonyl (C=O) groups excluding carboxylic acids is 1. The molecule has 0 aliphatic rings. The third kappa shape index (κ3) is 4.55. The van der Waals surface area contributed by atoms with E-state index in [9.17, 15) is 43.9 Å². The molecule has 26 heavy (non-hydrogen) atoms. The molecule has 0 atom stereocenters. The first kappa shape index (κ1) is 22.0. The number of benzene rings is 1. The third-order valence-corrected chi connectivity index (χ3v) is 4.44. The molecule has 2 amide bonds. The fourth-order valence-corrected chi connectivity index (χ4v) is 2.55. The Morgan fingerprint density at radius 1 is 1.04 bits per heavy atom. The van der Waals surface area contributed by atoms with E-state index in [-0.39, 0.29) is 12.5 Å². The van der Waals surface area contributed by atoms with Crippen molar-refractivity contribution in [3.63, 3.8) is 0 Å². The summed E-state index contributed by atoms with van der Waals surface area (Å²) in [7, 11) is -4.79. The highest BCUT2D eigenvalue weighted by Crippen LogP contribution is 2.42. The minimum absolute atomic E-state index is 0.290. The summed E-state index contributed by atoms with van der Waals surface area (Å²) < 4.78 is 113. The zero-order valence-corrected chi connectivity index (χ0v) is 13.8. The summed E-state index contributed by atoms with van der Waals surface area (Å²) in [6, 6.07) is 0.673. The van der Waals surface area contributed by atoms with Crippen LogP contribution in [0.25, 0.3) is 0 Å². The van der Waals surface area contributed by atoms with Crippen molar-refractivity contribution in [2.75, 3.05) is 0 Å². The number of hydrazine groups is 1. The summed E-state index contributed by atoms with van der Waals surface area (Å²) in [5, 5.41) is 0.603. The van der Waals surface area contributed by atoms with E-state index in [0.29, 0.717) is 5.32 Å². The molecule has 0 aliphatic carbocycles. The number of aryl methyl sites for hydroxylation is 1. The number of hydrogen-bond donors (Lipinski definition) is 3. The molecule has 1 aromatic carbocycles. The Morgan fingerprint density at radius 2 is 1.54 bits per heavy atom. The molecule has 0 heterocycles. The molecule has 0 fully saturated rings.